The molecule has 3 rings (SSSR count). The summed E-state index contributed by atoms with van der Waals surface area (Å²) >= 11 is 0. The van der Waals surface area contributed by atoms with Crippen LogP contribution in [0.1, 0.15) is 16.7 Å². The first kappa shape index (κ1) is 24.8. The number of rotatable bonds is 8. The van der Waals surface area contributed by atoms with Crippen molar-refractivity contribution < 1.29 is 32.5 Å². The summed E-state index contributed by atoms with van der Waals surface area (Å²) in [5.74, 6) is -0.887. The number of alkyl halides is 3. The highest BCUT2D eigenvalue weighted by Gasteiger charge is 2.33. The minimum atomic E-state index is -4.76. The first-order chi connectivity index (χ1) is 16.5. The van der Waals surface area contributed by atoms with E-state index in [1.165, 1.54) is 48.7 Å². The van der Waals surface area contributed by atoms with Gasteiger partial charge in [0.15, 0.2) is 0 Å². The zero-order chi connectivity index (χ0) is 25.6. The molecule has 0 fully saturated rings. The van der Waals surface area contributed by atoms with Gasteiger partial charge >= 0.3 is 11.9 Å². The largest absolute Gasteiger partial charge is 0.449 e. The lowest BCUT2D eigenvalue weighted by Gasteiger charge is -2.11. The number of halogens is 3. The Morgan fingerprint density at radius 1 is 0.971 bits per heavy atom. The summed E-state index contributed by atoms with van der Waals surface area (Å²) in [5.41, 5.74) is 0.882. The van der Waals surface area contributed by atoms with Gasteiger partial charge in [0, 0.05) is 23.8 Å². The average molecular weight is 488 g/mol. The van der Waals surface area contributed by atoms with E-state index in [0.29, 0.717) is 17.7 Å². The number of hydrogen-bond donors (Lipinski definition) is 1. The van der Waals surface area contributed by atoms with Crippen LogP contribution in [0, 0.1) is 20.2 Å². The summed E-state index contributed by atoms with van der Waals surface area (Å²) in [6.07, 6.45) is -3.68. The van der Waals surface area contributed by atoms with Gasteiger partial charge in [-0.3, -0.25) is 25.0 Å². The molecule has 0 saturated carbocycles. The van der Waals surface area contributed by atoms with E-state index >= 15 is 0 Å². The number of hydrazone groups is 1. The highest BCUT2D eigenvalue weighted by atomic mass is 19.4. The zero-order valence-electron chi connectivity index (χ0n) is 17.6. The van der Waals surface area contributed by atoms with Crippen LogP contribution in [-0.4, -0.2) is 22.0 Å². The number of nitro benzene ring substituents is 2. The summed E-state index contributed by atoms with van der Waals surface area (Å²) in [6, 6.07) is 13.3. The maximum Gasteiger partial charge on any atom is 0.416 e. The highest BCUT2D eigenvalue weighted by molar-refractivity contribution is 5.86. The van der Waals surface area contributed by atoms with E-state index in [2.05, 4.69) is 10.5 Å². The topological polar surface area (TPSA) is 137 Å². The number of nitrogens with one attached hydrogen (secondary N) is 1. The number of ether oxygens (including phenoxy) is 1. The molecule has 3 aromatic rings. The van der Waals surface area contributed by atoms with Crippen LogP contribution < -0.4 is 10.2 Å². The van der Waals surface area contributed by atoms with Gasteiger partial charge in [-0.05, 0) is 29.8 Å². The molecule has 0 spiro atoms. The molecule has 0 heterocycles. The fourth-order valence-electron chi connectivity index (χ4n) is 2.86. The van der Waals surface area contributed by atoms with Crippen molar-refractivity contribution >= 4 is 23.5 Å². The van der Waals surface area contributed by atoms with Crippen molar-refractivity contribution in [2.24, 2.45) is 5.10 Å². The molecule has 0 atom stereocenters. The fraction of sp³-hybridized carbons (Fsp3) is 0.0909. The van der Waals surface area contributed by atoms with E-state index in [0.717, 1.165) is 6.07 Å². The lowest BCUT2D eigenvalue weighted by molar-refractivity contribution is -0.385. The lowest BCUT2D eigenvalue weighted by atomic mass is 10.1. The minimum Gasteiger partial charge on any atom is -0.449 e. The van der Waals surface area contributed by atoms with E-state index in [4.69, 9.17) is 4.74 Å². The van der Waals surface area contributed by atoms with E-state index in [1.54, 1.807) is 6.07 Å². The molecule has 0 bridgehead atoms. The Bertz CT molecular complexity index is 1290. The standard InChI is InChI=1S/C22H15F3N4O6/c23-22(24,25)16-7-10-20(18(12-16)29(33)34)35-19-4-2-1-3-15(19)13-26-27-21(30)11-14-5-8-17(9-6-14)28(31)32/h1-10,12-13H,11H2,(H,27,30)/b26-13-. The Kier molecular flexibility index (Phi) is 7.39. The van der Waals surface area contributed by atoms with Gasteiger partial charge in [0.2, 0.25) is 11.7 Å². The third-order valence-electron chi connectivity index (χ3n) is 4.53. The van der Waals surface area contributed by atoms with Gasteiger partial charge < -0.3 is 4.74 Å². The molecule has 0 aliphatic rings. The van der Waals surface area contributed by atoms with Crippen molar-refractivity contribution in [3.63, 3.8) is 0 Å². The summed E-state index contributed by atoms with van der Waals surface area (Å²) < 4.78 is 44.2. The van der Waals surface area contributed by atoms with Crippen molar-refractivity contribution in [1.29, 1.82) is 0 Å². The molecule has 0 saturated heterocycles. The number of non-ortho nitro benzene ring substituents is 1. The van der Waals surface area contributed by atoms with Gasteiger partial charge in [0.25, 0.3) is 5.69 Å². The van der Waals surface area contributed by atoms with Gasteiger partial charge in [-0.15, -0.1) is 0 Å². The van der Waals surface area contributed by atoms with Gasteiger partial charge in [0.05, 0.1) is 28.0 Å². The number of benzene rings is 3. The third-order valence-corrected chi connectivity index (χ3v) is 4.53. The van der Waals surface area contributed by atoms with Crippen molar-refractivity contribution in [3.8, 4) is 11.5 Å². The molecule has 1 amide bonds. The monoisotopic (exact) mass is 488 g/mol. The molecule has 0 radical (unpaired) electrons. The van der Waals surface area contributed by atoms with Crippen LogP contribution in [-0.2, 0) is 17.4 Å². The fourth-order valence-corrected chi connectivity index (χ4v) is 2.86. The van der Waals surface area contributed by atoms with Crippen molar-refractivity contribution in [1.82, 2.24) is 5.43 Å². The lowest BCUT2D eigenvalue weighted by Crippen LogP contribution is -2.19. The average Bonchev–Trinajstić information content (AvgIpc) is 2.80. The van der Waals surface area contributed by atoms with Crippen LogP contribution in [0.25, 0.3) is 0 Å². The molecular formula is C22H15F3N4O6. The van der Waals surface area contributed by atoms with Crippen LogP contribution >= 0.6 is 0 Å². The van der Waals surface area contributed by atoms with Crippen LogP contribution in [0.15, 0.2) is 71.8 Å². The quantitative estimate of drug-likeness (QED) is 0.269. The number of nitro groups is 2. The van der Waals surface area contributed by atoms with Gasteiger partial charge in [0.1, 0.15) is 5.75 Å². The van der Waals surface area contributed by atoms with Crippen molar-refractivity contribution in [2.75, 3.05) is 0 Å². The highest BCUT2D eigenvalue weighted by Crippen LogP contribution is 2.38. The molecule has 180 valence electrons. The number of carbonyl (C=O) groups excluding carboxylic acids is 1. The first-order valence-electron chi connectivity index (χ1n) is 9.72. The molecular weight excluding hydrogens is 473 g/mol. The number of hydrogen-bond acceptors (Lipinski definition) is 7. The molecule has 0 aliphatic heterocycles. The second-order valence-corrected chi connectivity index (χ2v) is 6.97. The van der Waals surface area contributed by atoms with Gasteiger partial charge in [-0.25, -0.2) is 5.43 Å². The predicted octanol–water partition coefficient (Wildman–Crippen LogP) is 5.01. The Labute approximate surface area is 194 Å². The molecule has 1 N–H and O–H groups in total. The second-order valence-electron chi connectivity index (χ2n) is 6.97. The Balaban J connectivity index is 1.72. The number of nitrogens with zero attached hydrogens (tertiary/aromatic N) is 3. The number of amides is 1. The van der Waals surface area contributed by atoms with Crippen LogP contribution in [0.3, 0.4) is 0 Å². The van der Waals surface area contributed by atoms with Gasteiger partial charge in [-0.2, -0.15) is 18.3 Å². The Morgan fingerprint density at radius 3 is 2.29 bits per heavy atom. The molecule has 35 heavy (non-hydrogen) atoms. The smallest absolute Gasteiger partial charge is 0.416 e. The van der Waals surface area contributed by atoms with E-state index in [-0.39, 0.29) is 23.4 Å². The SMILES string of the molecule is O=C(Cc1ccc([N+](=O)[O-])cc1)N/N=C\c1ccccc1Oc1ccc(C(F)(F)F)cc1[N+](=O)[O-]. The molecule has 10 nitrogen and oxygen atoms in total. The molecule has 0 aromatic heterocycles. The van der Waals surface area contributed by atoms with Crippen molar-refractivity contribution in [2.45, 2.75) is 12.6 Å². The Hall–Kier alpha value is -4.81. The predicted molar refractivity (Wildman–Crippen MR) is 117 cm³/mol. The molecule has 3 aromatic carbocycles. The minimum absolute atomic E-state index is 0.0451. The maximum atomic E-state index is 12.9. The van der Waals surface area contributed by atoms with Crippen LogP contribution in [0.4, 0.5) is 24.5 Å². The third kappa shape index (κ3) is 6.60. The molecule has 0 unspecified atom stereocenters. The molecule has 0 aliphatic carbocycles. The van der Waals surface area contributed by atoms with Crippen LogP contribution in [0.2, 0.25) is 0 Å². The summed E-state index contributed by atoms with van der Waals surface area (Å²) in [4.78, 5) is 32.5. The second kappa shape index (κ2) is 10.4. The van der Waals surface area contributed by atoms with Crippen molar-refractivity contribution in [3.05, 3.63) is 104 Å². The normalized spacial score (nSPS) is 11.3. The van der Waals surface area contributed by atoms with Gasteiger partial charge in [-0.1, -0.05) is 24.3 Å². The summed E-state index contributed by atoms with van der Waals surface area (Å²) in [6.45, 7) is 0. The van der Waals surface area contributed by atoms with E-state index < -0.39 is 38.9 Å². The first-order valence-corrected chi connectivity index (χ1v) is 9.72. The Morgan fingerprint density at radius 2 is 1.66 bits per heavy atom. The maximum absolute atomic E-state index is 12.9. The summed E-state index contributed by atoms with van der Waals surface area (Å²) in [7, 11) is 0. The number of para-hydroxylation sites is 1. The van der Waals surface area contributed by atoms with Crippen LogP contribution in [0.5, 0.6) is 11.5 Å². The zero-order valence-corrected chi connectivity index (χ0v) is 17.6. The molecule has 13 heteroatoms. The van der Waals surface area contributed by atoms with E-state index in [9.17, 15) is 38.2 Å². The summed E-state index contributed by atoms with van der Waals surface area (Å²) in [5, 5.41) is 25.7. The van der Waals surface area contributed by atoms with E-state index in [1.807, 2.05) is 0 Å². The number of carbonyl (C=O) groups is 1.